The molecule has 3 nitrogen and oxygen atoms in total. The lowest BCUT2D eigenvalue weighted by atomic mass is 10.1. The van der Waals surface area contributed by atoms with Crippen LogP contribution in [0.1, 0.15) is 37.3 Å². The maximum absolute atomic E-state index is 12.5. The van der Waals surface area contributed by atoms with Crippen LogP contribution in [-0.2, 0) is 11.3 Å². The number of hydrogen-bond donors (Lipinski definition) is 2. The molecular weight excluding hydrogens is 240 g/mol. The van der Waals surface area contributed by atoms with Crippen molar-refractivity contribution in [1.82, 2.24) is 5.32 Å². The highest BCUT2D eigenvalue weighted by atomic mass is 19.3. The molecule has 1 atom stereocenters. The molecule has 1 aromatic rings. The fraction of sp³-hybridized carbons (Fsp3) is 0.462. The van der Waals surface area contributed by atoms with Gasteiger partial charge in [0, 0.05) is 12.1 Å². The standard InChI is InChI=1S/C13H17F2NO2/c1-2-4-11(13(17)18)16-8-9-5-3-6-10(7-9)12(14)15/h3,5-7,11-12,16H,2,4,8H2,1H3,(H,17,18). The molecule has 0 aromatic heterocycles. The van der Waals surface area contributed by atoms with Gasteiger partial charge >= 0.3 is 5.97 Å². The summed E-state index contributed by atoms with van der Waals surface area (Å²) in [7, 11) is 0. The number of benzene rings is 1. The quantitative estimate of drug-likeness (QED) is 0.789. The molecule has 1 unspecified atom stereocenters. The predicted octanol–water partition coefficient (Wildman–Crippen LogP) is 2.97. The second-order valence-corrected chi connectivity index (χ2v) is 4.11. The number of halogens is 2. The summed E-state index contributed by atoms with van der Waals surface area (Å²) < 4.78 is 25.0. The molecule has 0 bridgehead atoms. The third kappa shape index (κ3) is 4.41. The molecule has 0 saturated carbocycles. The average Bonchev–Trinajstić information content (AvgIpc) is 2.34. The third-order valence-electron chi connectivity index (χ3n) is 2.63. The predicted molar refractivity (Wildman–Crippen MR) is 64.6 cm³/mol. The van der Waals surface area contributed by atoms with Crippen LogP contribution in [0.2, 0.25) is 0 Å². The van der Waals surface area contributed by atoms with E-state index in [4.69, 9.17) is 5.11 Å². The fourth-order valence-electron chi connectivity index (χ4n) is 1.68. The Labute approximate surface area is 105 Å². The van der Waals surface area contributed by atoms with E-state index in [1.165, 1.54) is 12.1 Å². The molecule has 0 saturated heterocycles. The molecule has 18 heavy (non-hydrogen) atoms. The van der Waals surface area contributed by atoms with Crippen molar-refractivity contribution in [3.05, 3.63) is 35.4 Å². The number of carboxylic acids is 1. The molecule has 0 radical (unpaired) electrons. The van der Waals surface area contributed by atoms with Gasteiger partial charge in [-0.15, -0.1) is 0 Å². The van der Waals surface area contributed by atoms with Gasteiger partial charge in [0.15, 0.2) is 0 Å². The lowest BCUT2D eigenvalue weighted by Gasteiger charge is -2.13. The summed E-state index contributed by atoms with van der Waals surface area (Å²) in [6.45, 7) is 2.17. The van der Waals surface area contributed by atoms with Gasteiger partial charge in [0.1, 0.15) is 6.04 Å². The van der Waals surface area contributed by atoms with Gasteiger partial charge < -0.3 is 10.4 Å². The first-order valence-corrected chi connectivity index (χ1v) is 5.87. The third-order valence-corrected chi connectivity index (χ3v) is 2.63. The van der Waals surface area contributed by atoms with Crippen LogP contribution in [-0.4, -0.2) is 17.1 Å². The first-order chi connectivity index (χ1) is 8.54. The van der Waals surface area contributed by atoms with Crippen LogP contribution in [0.25, 0.3) is 0 Å². The summed E-state index contributed by atoms with van der Waals surface area (Å²) in [5.74, 6) is -0.915. The Morgan fingerprint density at radius 1 is 1.44 bits per heavy atom. The second kappa shape index (κ2) is 7.06. The molecule has 100 valence electrons. The average molecular weight is 257 g/mol. The van der Waals surface area contributed by atoms with E-state index in [1.54, 1.807) is 12.1 Å². The Morgan fingerprint density at radius 2 is 2.17 bits per heavy atom. The lowest BCUT2D eigenvalue weighted by molar-refractivity contribution is -0.139. The number of carboxylic acid groups (broad SMARTS) is 1. The largest absolute Gasteiger partial charge is 0.480 e. The van der Waals surface area contributed by atoms with Gasteiger partial charge in [0.25, 0.3) is 6.43 Å². The molecule has 1 aromatic carbocycles. The molecule has 1 rings (SSSR count). The molecule has 5 heteroatoms. The van der Waals surface area contributed by atoms with E-state index >= 15 is 0 Å². The van der Waals surface area contributed by atoms with E-state index in [0.717, 1.165) is 6.42 Å². The highest BCUT2D eigenvalue weighted by molar-refractivity contribution is 5.73. The van der Waals surface area contributed by atoms with Crippen LogP contribution in [0.3, 0.4) is 0 Å². The van der Waals surface area contributed by atoms with E-state index in [0.29, 0.717) is 12.0 Å². The van der Waals surface area contributed by atoms with Gasteiger partial charge in [0.2, 0.25) is 0 Å². The van der Waals surface area contributed by atoms with Crippen molar-refractivity contribution < 1.29 is 18.7 Å². The maximum Gasteiger partial charge on any atom is 0.320 e. The van der Waals surface area contributed by atoms with Crippen molar-refractivity contribution in [2.75, 3.05) is 0 Å². The molecule has 0 spiro atoms. The van der Waals surface area contributed by atoms with Crippen LogP contribution in [0.4, 0.5) is 8.78 Å². The summed E-state index contributed by atoms with van der Waals surface area (Å²) in [5.41, 5.74) is 0.617. The monoisotopic (exact) mass is 257 g/mol. The van der Waals surface area contributed by atoms with E-state index in [2.05, 4.69) is 5.32 Å². The van der Waals surface area contributed by atoms with Gasteiger partial charge in [-0.3, -0.25) is 4.79 Å². The molecule has 0 amide bonds. The normalized spacial score (nSPS) is 12.7. The van der Waals surface area contributed by atoms with Crippen LogP contribution in [0.5, 0.6) is 0 Å². The number of alkyl halides is 2. The molecule has 0 heterocycles. The fourth-order valence-corrected chi connectivity index (χ4v) is 1.68. The van der Waals surface area contributed by atoms with E-state index in [9.17, 15) is 13.6 Å². The number of rotatable bonds is 7. The lowest BCUT2D eigenvalue weighted by Crippen LogP contribution is -2.36. The number of nitrogens with one attached hydrogen (secondary N) is 1. The zero-order valence-electron chi connectivity index (χ0n) is 10.2. The Kier molecular flexibility index (Phi) is 5.71. The van der Waals surface area contributed by atoms with Gasteiger partial charge in [0.05, 0.1) is 0 Å². The summed E-state index contributed by atoms with van der Waals surface area (Å²) in [4.78, 5) is 10.9. The Balaban J connectivity index is 2.61. The van der Waals surface area contributed by atoms with Crippen molar-refractivity contribution >= 4 is 5.97 Å². The number of hydrogen-bond acceptors (Lipinski definition) is 2. The summed E-state index contributed by atoms with van der Waals surface area (Å²) in [6.07, 6.45) is -1.24. The number of carbonyl (C=O) groups is 1. The van der Waals surface area contributed by atoms with Crippen LogP contribution >= 0.6 is 0 Å². The van der Waals surface area contributed by atoms with E-state index < -0.39 is 18.4 Å². The molecule has 0 fully saturated rings. The maximum atomic E-state index is 12.5. The highest BCUT2D eigenvalue weighted by Crippen LogP contribution is 2.19. The highest BCUT2D eigenvalue weighted by Gasteiger charge is 2.15. The first-order valence-electron chi connectivity index (χ1n) is 5.87. The zero-order chi connectivity index (χ0) is 13.5. The first kappa shape index (κ1) is 14.6. The van der Waals surface area contributed by atoms with Crippen LogP contribution in [0, 0.1) is 0 Å². The molecule has 0 aliphatic carbocycles. The van der Waals surface area contributed by atoms with Crippen molar-refractivity contribution in [1.29, 1.82) is 0 Å². The number of aliphatic carboxylic acids is 1. The van der Waals surface area contributed by atoms with Crippen molar-refractivity contribution in [3.63, 3.8) is 0 Å². The molecule has 2 N–H and O–H groups in total. The molecule has 0 aliphatic rings. The SMILES string of the molecule is CCCC(NCc1cccc(C(F)F)c1)C(=O)O. The smallest absolute Gasteiger partial charge is 0.320 e. The topological polar surface area (TPSA) is 49.3 Å². The van der Waals surface area contributed by atoms with Gasteiger partial charge in [-0.05, 0) is 18.1 Å². The minimum Gasteiger partial charge on any atom is -0.480 e. The van der Waals surface area contributed by atoms with Gasteiger partial charge in [-0.25, -0.2) is 8.78 Å². The van der Waals surface area contributed by atoms with Crippen molar-refractivity contribution in [2.24, 2.45) is 0 Å². The Morgan fingerprint density at radius 3 is 2.72 bits per heavy atom. The van der Waals surface area contributed by atoms with Crippen molar-refractivity contribution in [2.45, 2.75) is 38.8 Å². The minimum atomic E-state index is -2.50. The van der Waals surface area contributed by atoms with E-state index in [1.807, 2.05) is 6.92 Å². The van der Waals surface area contributed by atoms with Crippen LogP contribution in [0.15, 0.2) is 24.3 Å². The van der Waals surface area contributed by atoms with Crippen LogP contribution < -0.4 is 5.32 Å². The molecule has 0 aliphatic heterocycles. The summed E-state index contributed by atoms with van der Waals surface area (Å²) in [6, 6.07) is 5.36. The minimum absolute atomic E-state index is 0.0448. The van der Waals surface area contributed by atoms with Crippen molar-refractivity contribution in [3.8, 4) is 0 Å². The Hall–Kier alpha value is -1.49. The summed E-state index contributed by atoms with van der Waals surface area (Å²) in [5, 5.41) is 11.8. The van der Waals surface area contributed by atoms with Gasteiger partial charge in [-0.1, -0.05) is 31.5 Å². The summed E-state index contributed by atoms with van der Waals surface area (Å²) >= 11 is 0. The Bertz CT molecular complexity index is 396. The van der Waals surface area contributed by atoms with E-state index in [-0.39, 0.29) is 12.1 Å². The zero-order valence-corrected chi connectivity index (χ0v) is 10.2. The van der Waals surface area contributed by atoms with Gasteiger partial charge in [-0.2, -0.15) is 0 Å². The molecular formula is C13H17F2NO2. The second-order valence-electron chi connectivity index (χ2n) is 4.11.